The molecular weight excluding hydrogens is 449 g/mol. The molecule has 1 fully saturated rings. The molecule has 1 saturated heterocycles. The zero-order valence-corrected chi connectivity index (χ0v) is 19.3. The summed E-state index contributed by atoms with van der Waals surface area (Å²) in [6, 6.07) is 3.48. The number of hydrogen-bond donors (Lipinski definition) is 1. The number of fused-ring (bicyclic) bond motifs is 1. The van der Waals surface area contributed by atoms with Gasteiger partial charge in [-0.05, 0) is 50.3 Å². The van der Waals surface area contributed by atoms with Crippen molar-refractivity contribution in [1.29, 1.82) is 0 Å². The normalized spacial score (nSPS) is 19.4. The van der Waals surface area contributed by atoms with Crippen molar-refractivity contribution in [3.63, 3.8) is 0 Å². The van der Waals surface area contributed by atoms with E-state index in [1.54, 1.807) is 6.07 Å². The molecule has 0 aromatic carbocycles. The van der Waals surface area contributed by atoms with Crippen LogP contribution in [0.4, 0.5) is 13.2 Å². The number of amides is 2. The maximum Gasteiger partial charge on any atom is 0.433 e. The minimum atomic E-state index is -4.52. The van der Waals surface area contributed by atoms with Gasteiger partial charge >= 0.3 is 6.18 Å². The van der Waals surface area contributed by atoms with E-state index in [-0.39, 0.29) is 18.6 Å². The second kappa shape index (κ2) is 9.77. The van der Waals surface area contributed by atoms with Crippen LogP contribution in [0.15, 0.2) is 24.4 Å². The number of alkyl halides is 3. The van der Waals surface area contributed by atoms with Gasteiger partial charge in [-0.25, -0.2) is 0 Å². The summed E-state index contributed by atoms with van der Waals surface area (Å²) >= 11 is 0. The highest BCUT2D eigenvalue weighted by molar-refractivity contribution is 6.01. The van der Waals surface area contributed by atoms with Crippen molar-refractivity contribution in [3.05, 3.63) is 52.6 Å². The van der Waals surface area contributed by atoms with Crippen molar-refractivity contribution in [2.24, 2.45) is 0 Å². The van der Waals surface area contributed by atoms with Gasteiger partial charge in [-0.3, -0.25) is 14.6 Å². The van der Waals surface area contributed by atoms with E-state index in [0.29, 0.717) is 48.6 Å². The third-order valence-electron chi connectivity index (χ3n) is 6.63. The molecule has 1 unspecified atom stereocenters. The molecule has 2 aliphatic heterocycles. The highest BCUT2D eigenvalue weighted by atomic mass is 19.4. The number of pyridine rings is 1. The number of nitrogens with zero attached hydrogens (tertiary/aromatic N) is 3. The first-order valence-corrected chi connectivity index (χ1v) is 11.7. The molecule has 34 heavy (non-hydrogen) atoms. The largest absolute Gasteiger partial charge is 0.433 e. The van der Waals surface area contributed by atoms with E-state index in [9.17, 15) is 22.8 Å². The van der Waals surface area contributed by atoms with Crippen LogP contribution in [-0.2, 0) is 24.1 Å². The Labute approximate surface area is 196 Å². The first-order chi connectivity index (χ1) is 16.2. The molecule has 4 heterocycles. The van der Waals surface area contributed by atoms with Crippen LogP contribution in [-0.4, -0.2) is 45.5 Å². The highest BCUT2D eigenvalue weighted by Crippen LogP contribution is 2.29. The van der Waals surface area contributed by atoms with E-state index in [4.69, 9.17) is 4.74 Å². The summed E-state index contributed by atoms with van der Waals surface area (Å²) in [5.74, 6) is -0.486. The molecule has 0 saturated carbocycles. The third kappa shape index (κ3) is 4.82. The van der Waals surface area contributed by atoms with Crippen LogP contribution in [0.2, 0.25) is 0 Å². The molecule has 0 spiro atoms. The molecule has 2 aromatic heterocycles. The summed E-state index contributed by atoms with van der Waals surface area (Å²) in [6.07, 6.45) is 0.0824. The van der Waals surface area contributed by atoms with Gasteiger partial charge in [-0.1, -0.05) is 13.0 Å². The van der Waals surface area contributed by atoms with E-state index >= 15 is 0 Å². The number of ether oxygens (including phenoxy) is 1. The number of carbonyl (C=O) groups excluding carboxylic acids is 2. The predicted octanol–water partition coefficient (Wildman–Crippen LogP) is 4.33. The second-order valence-corrected chi connectivity index (χ2v) is 8.85. The lowest BCUT2D eigenvalue weighted by Crippen LogP contribution is -2.43. The standard InChI is InChI=1S/C24H29F3N4O3/c1-3-18(16-7-8-21(28-13-16)24(25,26)27)29-22(32)17-12-19(31-10-11-34-14-20(17)31)23(33)30-9-5-4-6-15(30)2/h7-8,12-13,15,18H,3-6,9-11,14H2,1-2H3,(H,29,32)/t15?,18-/m1/s1. The van der Waals surface area contributed by atoms with Gasteiger partial charge in [0.1, 0.15) is 11.4 Å². The van der Waals surface area contributed by atoms with E-state index < -0.39 is 23.8 Å². The molecule has 7 nitrogen and oxygen atoms in total. The molecule has 0 radical (unpaired) electrons. The molecular formula is C24H29F3N4O3. The molecule has 2 amide bonds. The number of carbonyl (C=O) groups is 2. The quantitative estimate of drug-likeness (QED) is 0.694. The Morgan fingerprint density at radius 2 is 2.06 bits per heavy atom. The van der Waals surface area contributed by atoms with E-state index in [1.165, 1.54) is 6.07 Å². The van der Waals surface area contributed by atoms with Crippen molar-refractivity contribution < 1.29 is 27.5 Å². The summed E-state index contributed by atoms with van der Waals surface area (Å²) in [5, 5.41) is 2.89. The fourth-order valence-electron chi connectivity index (χ4n) is 4.68. The van der Waals surface area contributed by atoms with Gasteiger partial charge in [-0.15, -0.1) is 0 Å². The Morgan fingerprint density at radius 3 is 2.71 bits per heavy atom. The van der Waals surface area contributed by atoms with Gasteiger partial charge in [0.2, 0.25) is 0 Å². The fraction of sp³-hybridized carbons (Fsp3) is 0.542. The average molecular weight is 479 g/mol. The van der Waals surface area contributed by atoms with E-state index in [1.807, 2.05) is 23.3 Å². The van der Waals surface area contributed by atoms with E-state index in [2.05, 4.69) is 10.3 Å². The van der Waals surface area contributed by atoms with Crippen LogP contribution in [0.1, 0.15) is 83.4 Å². The van der Waals surface area contributed by atoms with Crippen LogP contribution in [0.3, 0.4) is 0 Å². The average Bonchev–Trinajstić information content (AvgIpc) is 3.22. The van der Waals surface area contributed by atoms with Crippen LogP contribution in [0.25, 0.3) is 0 Å². The van der Waals surface area contributed by atoms with Crippen LogP contribution < -0.4 is 5.32 Å². The maximum atomic E-state index is 13.4. The predicted molar refractivity (Wildman–Crippen MR) is 118 cm³/mol. The van der Waals surface area contributed by atoms with Crippen molar-refractivity contribution in [3.8, 4) is 0 Å². The number of halogens is 3. The minimum absolute atomic E-state index is 0.0895. The van der Waals surface area contributed by atoms with Crippen LogP contribution in [0.5, 0.6) is 0 Å². The molecule has 2 aromatic rings. The van der Waals surface area contributed by atoms with Crippen molar-refractivity contribution >= 4 is 11.8 Å². The third-order valence-corrected chi connectivity index (χ3v) is 6.63. The number of aromatic nitrogens is 2. The van der Waals surface area contributed by atoms with Gasteiger partial charge in [-0.2, -0.15) is 13.2 Å². The molecule has 10 heteroatoms. The zero-order valence-electron chi connectivity index (χ0n) is 19.3. The Balaban J connectivity index is 1.58. The van der Waals surface area contributed by atoms with Crippen LogP contribution in [0, 0.1) is 0 Å². The minimum Gasteiger partial charge on any atom is -0.373 e. The van der Waals surface area contributed by atoms with Gasteiger partial charge in [0.25, 0.3) is 11.8 Å². The molecule has 0 aliphatic carbocycles. The van der Waals surface area contributed by atoms with Gasteiger partial charge in [0, 0.05) is 25.3 Å². The molecule has 1 N–H and O–H groups in total. The van der Waals surface area contributed by atoms with E-state index in [0.717, 1.165) is 31.5 Å². The lowest BCUT2D eigenvalue weighted by Gasteiger charge is -2.34. The Hall–Kier alpha value is -2.88. The fourth-order valence-corrected chi connectivity index (χ4v) is 4.68. The Morgan fingerprint density at radius 1 is 1.26 bits per heavy atom. The molecule has 0 bridgehead atoms. The lowest BCUT2D eigenvalue weighted by atomic mass is 10.0. The van der Waals surface area contributed by atoms with Crippen molar-refractivity contribution in [2.75, 3.05) is 13.2 Å². The lowest BCUT2D eigenvalue weighted by molar-refractivity contribution is -0.141. The van der Waals surface area contributed by atoms with Gasteiger partial charge < -0.3 is 19.5 Å². The Kier molecular flexibility index (Phi) is 6.97. The summed E-state index contributed by atoms with van der Waals surface area (Å²) < 4.78 is 46.0. The number of piperidine rings is 1. The molecule has 2 aliphatic rings. The van der Waals surface area contributed by atoms with Crippen molar-refractivity contribution in [2.45, 2.75) is 70.9 Å². The van der Waals surface area contributed by atoms with Crippen LogP contribution >= 0.6 is 0 Å². The summed E-state index contributed by atoms with van der Waals surface area (Å²) in [5.41, 5.74) is 0.961. The monoisotopic (exact) mass is 478 g/mol. The topological polar surface area (TPSA) is 76.5 Å². The smallest absolute Gasteiger partial charge is 0.373 e. The van der Waals surface area contributed by atoms with Gasteiger partial charge in [0.15, 0.2) is 0 Å². The highest BCUT2D eigenvalue weighted by Gasteiger charge is 2.33. The first kappa shape index (κ1) is 24.3. The summed E-state index contributed by atoms with van der Waals surface area (Å²) in [6.45, 7) is 5.70. The molecule has 2 atom stereocenters. The van der Waals surface area contributed by atoms with Gasteiger partial charge in [0.05, 0.1) is 30.5 Å². The zero-order chi connectivity index (χ0) is 24.5. The number of rotatable bonds is 5. The molecule has 184 valence electrons. The second-order valence-electron chi connectivity index (χ2n) is 8.85. The summed E-state index contributed by atoms with van der Waals surface area (Å²) in [7, 11) is 0. The number of hydrogen-bond acceptors (Lipinski definition) is 4. The summed E-state index contributed by atoms with van der Waals surface area (Å²) in [4.78, 5) is 32.0. The maximum absolute atomic E-state index is 13.4. The Bertz CT molecular complexity index is 1050. The van der Waals surface area contributed by atoms with Crippen molar-refractivity contribution in [1.82, 2.24) is 19.8 Å². The number of likely N-dealkylation sites (tertiary alicyclic amines) is 1. The first-order valence-electron chi connectivity index (χ1n) is 11.7. The number of nitrogens with one attached hydrogen (secondary N) is 1. The molecule has 4 rings (SSSR count). The SMILES string of the molecule is CC[C@@H](NC(=O)c1cc(C(=O)N2CCCCC2C)n2c1COCC2)c1ccc(C(F)(F)F)nc1.